The molecule has 1 aromatic rings. The molecule has 0 radical (unpaired) electrons. The predicted molar refractivity (Wildman–Crippen MR) is 57.6 cm³/mol. The van der Waals surface area contributed by atoms with Crippen molar-refractivity contribution >= 4 is 17.6 Å². The van der Waals surface area contributed by atoms with E-state index in [4.69, 9.17) is 11.6 Å². The Morgan fingerprint density at radius 2 is 2.07 bits per heavy atom. The zero-order valence-electron chi connectivity index (χ0n) is 8.61. The van der Waals surface area contributed by atoms with Gasteiger partial charge in [0, 0.05) is 17.9 Å². The lowest BCUT2D eigenvalue weighted by atomic mass is 10.0. The molecule has 0 heterocycles. The first kappa shape index (κ1) is 12.0. The van der Waals surface area contributed by atoms with Gasteiger partial charge in [-0.15, -0.1) is 0 Å². The maximum absolute atomic E-state index is 10.7. The van der Waals surface area contributed by atoms with E-state index in [2.05, 4.69) is 4.74 Å². The highest BCUT2D eigenvalue weighted by molar-refractivity contribution is 6.31. The Labute approximate surface area is 93.6 Å². The summed E-state index contributed by atoms with van der Waals surface area (Å²) in [4.78, 5) is 10.7. The van der Waals surface area contributed by atoms with Crippen LogP contribution < -0.4 is 0 Å². The molecule has 1 aromatic carbocycles. The van der Waals surface area contributed by atoms with Crippen molar-refractivity contribution in [3.05, 3.63) is 34.9 Å². The molecule has 82 valence electrons. The molecule has 0 aromatic heterocycles. The molecular weight excluding hydrogens is 216 g/mol. The van der Waals surface area contributed by atoms with Gasteiger partial charge in [0.15, 0.2) is 0 Å². The van der Waals surface area contributed by atoms with Crippen LogP contribution in [-0.2, 0) is 9.53 Å². The van der Waals surface area contributed by atoms with E-state index in [1.54, 1.807) is 25.1 Å². The summed E-state index contributed by atoms with van der Waals surface area (Å²) in [7, 11) is 0. The van der Waals surface area contributed by atoms with Gasteiger partial charge >= 0.3 is 5.97 Å². The van der Waals surface area contributed by atoms with Crippen molar-refractivity contribution in [3.63, 3.8) is 0 Å². The van der Waals surface area contributed by atoms with Crippen molar-refractivity contribution < 1.29 is 14.6 Å². The van der Waals surface area contributed by atoms with Crippen LogP contribution in [0.5, 0.6) is 0 Å². The second-order valence-corrected chi connectivity index (χ2v) is 3.72. The fraction of sp³-hybridized carbons (Fsp3) is 0.364. The molecule has 0 spiro atoms. The smallest absolute Gasteiger partial charge is 0.304 e. The summed E-state index contributed by atoms with van der Waals surface area (Å²) in [5.41, 5.74) is 0.757. The molecule has 0 bridgehead atoms. The standard InChI is InChI=1S/C11H13ClO3/c1-7(11(14)15-8(2)13)9-5-3-4-6-10(9)12/h3-7,11,14H,1-2H3. The fourth-order valence-corrected chi connectivity index (χ4v) is 1.58. The molecule has 4 heteroatoms. The number of benzene rings is 1. The largest absolute Gasteiger partial charge is 0.435 e. The molecule has 1 N–H and O–H groups in total. The highest BCUT2D eigenvalue weighted by Gasteiger charge is 2.20. The summed E-state index contributed by atoms with van der Waals surface area (Å²) in [6, 6.07) is 7.14. The summed E-state index contributed by atoms with van der Waals surface area (Å²) in [5, 5.41) is 10.1. The molecule has 2 unspecified atom stereocenters. The van der Waals surface area contributed by atoms with Crippen LogP contribution >= 0.6 is 11.6 Å². The van der Waals surface area contributed by atoms with Crippen LogP contribution in [0.3, 0.4) is 0 Å². The number of aliphatic hydroxyl groups excluding tert-OH is 1. The number of halogens is 1. The number of ether oxygens (including phenoxy) is 1. The summed E-state index contributed by atoms with van der Waals surface area (Å²) >= 11 is 5.95. The molecule has 0 aliphatic rings. The van der Waals surface area contributed by atoms with Gasteiger partial charge < -0.3 is 9.84 Å². The molecule has 15 heavy (non-hydrogen) atoms. The third-order valence-corrected chi connectivity index (χ3v) is 2.45. The van der Waals surface area contributed by atoms with Crippen molar-refractivity contribution in [1.29, 1.82) is 0 Å². The molecule has 1 rings (SSSR count). The van der Waals surface area contributed by atoms with E-state index < -0.39 is 12.3 Å². The molecule has 2 atom stereocenters. The number of hydrogen-bond donors (Lipinski definition) is 1. The van der Waals surface area contributed by atoms with Crippen molar-refractivity contribution in [2.24, 2.45) is 0 Å². The third kappa shape index (κ3) is 3.22. The van der Waals surface area contributed by atoms with E-state index in [-0.39, 0.29) is 5.92 Å². The minimum absolute atomic E-state index is 0.345. The molecule has 0 fully saturated rings. The lowest BCUT2D eigenvalue weighted by molar-refractivity contribution is -0.168. The Bertz CT molecular complexity index is 351. The van der Waals surface area contributed by atoms with E-state index in [9.17, 15) is 9.90 Å². The number of esters is 1. The van der Waals surface area contributed by atoms with Gasteiger partial charge in [0.2, 0.25) is 6.29 Å². The summed E-state index contributed by atoms with van der Waals surface area (Å²) in [6.07, 6.45) is -1.16. The Kier molecular flexibility index (Phi) is 4.12. The molecule has 0 aliphatic carbocycles. The maximum Gasteiger partial charge on any atom is 0.304 e. The molecule has 0 aliphatic heterocycles. The average Bonchev–Trinajstić information content (AvgIpc) is 2.16. The fourth-order valence-electron chi connectivity index (χ4n) is 1.27. The highest BCUT2D eigenvalue weighted by atomic mass is 35.5. The van der Waals surface area contributed by atoms with Gasteiger partial charge in [-0.25, -0.2) is 0 Å². The number of aliphatic hydroxyl groups is 1. The predicted octanol–water partition coefficient (Wildman–Crippen LogP) is 2.33. The van der Waals surface area contributed by atoms with E-state index in [0.717, 1.165) is 5.56 Å². The van der Waals surface area contributed by atoms with Crippen molar-refractivity contribution in [2.75, 3.05) is 0 Å². The Morgan fingerprint density at radius 1 is 1.47 bits per heavy atom. The quantitative estimate of drug-likeness (QED) is 0.638. The first-order valence-electron chi connectivity index (χ1n) is 4.62. The second kappa shape index (κ2) is 5.14. The van der Waals surface area contributed by atoms with Gasteiger partial charge in [-0.3, -0.25) is 4.79 Å². The summed E-state index contributed by atoms with van der Waals surface area (Å²) in [5.74, 6) is -0.857. The highest BCUT2D eigenvalue weighted by Crippen LogP contribution is 2.26. The minimum atomic E-state index is -1.16. The van der Waals surface area contributed by atoms with Crippen molar-refractivity contribution in [3.8, 4) is 0 Å². The number of rotatable bonds is 3. The Balaban J connectivity index is 2.80. The van der Waals surface area contributed by atoms with Gasteiger partial charge in [0.25, 0.3) is 0 Å². The number of carbonyl (C=O) groups excluding carboxylic acids is 1. The maximum atomic E-state index is 10.7. The van der Waals surface area contributed by atoms with E-state index in [0.29, 0.717) is 5.02 Å². The molecule has 0 saturated carbocycles. The molecular formula is C11H13ClO3. The van der Waals surface area contributed by atoms with Crippen LogP contribution in [0.1, 0.15) is 25.3 Å². The van der Waals surface area contributed by atoms with Crippen LogP contribution in [0.4, 0.5) is 0 Å². The zero-order valence-corrected chi connectivity index (χ0v) is 9.36. The van der Waals surface area contributed by atoms with Crippen LogP contribution in [0.15, 0.2) is 24.3 Å². The molecule has 3 nitrogen and oxygen atoms in total. The first-order valence-corrected chi connectivity index (χ1v) is 5.00. The Morgan fingerprint density at radius 3 is 2.60 bits per heavy atom. The SMILES string of the molecule is CC(=O)OC(O)C(C)c1ccccc1Cl. The zero-order chi connectivity index (χ0) is 11.4. The van der Waals surface area contributed by atoms with Crippen LogP contribution in [0.25, 0.3) is 0 Å². The number of hydrogen-bond acceptors (Lipinski definition) is 3. The first-order chi connectivity index (χ1) is 7.02. The average molecular weight is 229 g/mol. The lowest BCUT2D eigenvalue weighted by Crippen LogP contribution is -2.22. The van der Waals surface area contributed by atoms with Gasteiger partial charge in [-0.1, -0.05) is 36.7 Å². The third-order valence-electron chi connectivity index (χ3n) is 2.11. The number of carbonyl (C=O) groups is 1. The van der Waals surface area contributed by atoms with Gasteiger partial charge in [0.1, 0.15) is 0 Å². The normalized spacial score (nSPS) is 14.4. The lowest BCUT2D eigenvalue weighted by Gasteiger charge is -2.19. The van der Waals surface area contributed by atoms with Gasteiger partial charge in [0.05, 0.1) is 0 Å². The van der Waals surface area contributed by atoms with Crippen LogP contribution in [0.2, 0.25) is 5.02 Å². The van der Waals surface area contributed by atoms with Crippen LogP contribution in [-0.4, -0.2) is 17.4 Å². The van der Waals surface area contributed by atoms with E-state index in [1.165, 1.54) is 6.92 Å². The topological polar surface area (TPSA) is 46.5 Å². The van der Waals surface area contributed by atoms with Crippen molar-refractivity contribution in [2.45, 2.75) is 26.1 Å². The van der Waals surface area contributed by atoms with Gasteiger partial charge in [-0.05, 0) is 11.6 Å². The monoisotopic (exact) mass is 228 g/mol. The van der Waals surface area contributed by atoms with Crippen LogP contribution in [0, 0.1) is 0 Å². The van der Waals surface area contributed by atoms with Gasteiger partial charge in [-0.2, -0.15) is 0 Å². The Hall–Kier alpha value is -1.06. The molecule has 0 saturated heterocycles. The second-order valence-electron chi connectivity index (χ2n) is 3.31. The molecule has 0 amide bonds. The minimum Gasteiger partial charge on any atom is -0.435 e. The summed E-state index contributed by atoms with van der Waals surface area (Å²) < 4.78 is 4.68. The van der Waals surface area contributed by atoms with E-state index in [1.807, 2.05) is 6.07 Å². The summed E-state index contributed by atoms with van der Waals surface area (Å²) in [6.45, 7) is 3.00. The van der Waals surface area contributed by atoms with Crippen molar-refractivity contribution in [1.82, 2.24) is 0 Å². The van der Waals surface area contributed by atoms with E-state index >= 15 is 0 Å².